The second kappa shape index (κ2) is 15.1. The Morgan fingerprint density at radius 1 is 1.38 bits per heavy atom. The number of carbonyl (C=O) groups is 2. The van der Waals surface area contributed by atoms with E-state index in [0.717, 1.165) is 30.1 Å². The van der Waals surface area contributed by atoms with E-state index < -0.39 is 11.9 Å². The van der Waals surface area contributed by atoms with Crippen LogP contribution in [0.4, 0.5) is 5.13 Å². The Kier molecular flexibility index (Phi) is 12.9. The van der Waals surface area contributed by atoms with Crippen molar-refractivity contribution in [2.75, 3.05) is 32.6 Å². The highest BCUT2D eigenvalue weighted by Crippen LogP contribution is 2.34. The van der Waals surface area contributed by atoms with E-state index in [2.05, 4.69) is 31.3 Å². The van der Waals surface area contributed by atoms with Gasteiger partial charge in [-0.3, -0.25) is 4.99 Å². The minimum Gasteiger partial charge on any atom is -0.478 e. The van der Waals surface area contributed by atoms with Crippen LogP contribution in [0, 0.1) is 0 Å². The van der Waals surface area contributed by atoms with Gasteiger partial charge in [-0.05, 0) is 31.5 Å². The molecule has 0 aromatic carbocycles. The van der Waals surface area contributed by atoms with E-state index in [9.17, 15) is 9.59 Å². The monoisotopic (exact) mass is 486 g/mol. The maximum absolute atomic E-state index is 9.55. The molecule has 2 atom stereocenters. The fourth-order valence-corrected chi connectivity index (χ4v) is 3.89. The Hall–Kier alpha value is -2.77. The summed E-state index contributed by atoms with van der Waals surface area (Å²) in [6.07, 6.45) is 5.64. The van der Waals surface area contributed by atoms with Gasteiger partial charge in [0.2, 0.25) is 0 Å². The van der Waals surface area contributed by atoms with Gasteiger partial charge in [-0.2, -0.15) is 0 Å². The normalized spacial score (nSPS) is 18.4. The lowest BCUT2D eigenvalue weighted by Crippen LogP contribution is -2.42. The van der Waals surface area contributed by atoms with Crippen molar-refractivity contribution in [2.24, 2.45) is 10.7 Å². The van der Waals surface area contributed by atoms with Crippen molar-refractivity contribution >= 4 is 51.7 Å². The number of thiazole rings is 1. The van der Waals surface area contributed by atoms with Gasteiger partial charge >= 0.3 is 11.9 Å². The van der Waals surface area contributed by atoms with Gasteiger partial charge < -0.3 is 36.6 Å². The molecule has 1 aliphatic rings. The average molecular weight is 487 g/mol. The van der Waals surface area contributed by atoms with Crippen molar-refractivity contribution in [1.82, 2.24) is 15.6 Å². The predicted octanol–water partition coefficient (Wildman–Crippen LogP) is 1.35. The lowest BCUT2D eigenvalue weighted by atomic mass is 9.84. The summed E-state index contributed by atoms with van der Waals surface area (Å²) in [6, 6.07) is 0.405. The summed E-state index contributed by atoms with van der Waals surface area (Å²) < 4.78 is 4.95. The van der Waals surface area contributed by atoms with Gasteiger partial charge in [-0.25, -0.2) is 14.6 Å². The molecule has 1 aliphatic carbocycles. The number of anilines is 1. The fourth-order valence-electron chi connectivity index (χ4n) is 2.93. The third-order valence-electron chi connectivity index (χ3n) is 4.36. The molecule has 0 saturated heterocycles. The van der Waals surface area contributed by atoms with Gasteiger partial charge in [0, 0.05) is 43.6 Å². The molecule has 0 aliphatic heterocycles. The molecule has 2 rings (SSSR count). The van der Waals surface area contributed by atoms with Crippen molar-refractivity contribution in [2.45, 2.75) is 37.6 Å². The lowest BCUT2D eigenvalue weighted by molar-refractivity contribution is -0.134. The van der Waals surface area contributed by atoms with Gasteiger partial charge in [-0.1, -0.05) is 6.42 Å². The standard InChI is InChI=1S/C15H26N6OS2.C4H4O4/c1-17-14(23)19-11-5-3-4-10(8-11)12-9-24-15(20-12)21-13(16)18-6-7-22-2;5-3(6)1-2-4(7)8/h9-11H,3-8H2,1-2H3,(H2,17,19,23)(H3,16,18,20,21);1-2H,(H,5,6)(H,7,8)/b;2-1-. The molecule has 0 amide bonds. The van der Waals surface area contributed by atoms with E-state index in [-0.39, 0.29) is 0 Å². The van der Waals surface area contributed by atoms with Crippen LogP contribution >= 0.6 is 23.6 Å². The van der Waals surface area contributed by atoms with Crippen molar-refractivity contribution < 1.29 is 24.5 Å². The Bertz CT molecular complexity index is 798. The predicted molar refractivity (Wildman–Crippen MR) is 128 cm³/mol. The summed E-state index contributed by atoms with van der Waals surface area (Å²) in [5.41, 5.74) is 6.96. The zero-order chi connectivity index (χ0) is 23.9. The number of carboxylic acids is 2. The molecule has 0 radical (unpaired) electrons. The number of nitrogens with two attached hydrogens (primary N) is 1. The van der Waals surface area contributed by atoms with Crippen LogP contribution in [0.3, 0.4) is 0 Å². The first kappa shape index (κ1) is 27.3. The number of ether oxygens (including phenoxy) is 1. The van der Waals surface area contributed by atoms with Crippen LogP contribution in [0.15, 0.2) is 22.5 Å². The molecule has 13 heteroatoms. The molecule has 7 N–H and O–H groups in total. The quantitative estimate of drug-likeness (QED) is 0.103. The Morgan fingerprint density at radius 3 is 2.66 bits per heavy atom. The van der Waals surface area contributed by atoms with E-state index in [1.165, 1.54) is 6.42 Å². The molecular formula is C19H30N6O5S2. The van der Waals surface area contributed by atoms with Crippen LogP contribution in [-0.4, -0.2) is 71.6 Å². The third kappa shape index (κ3) is 11.6. The number of carboxylic acid groups (broad SMARTS) is 2. The SMILES string of the molecule is CNC(=S)NC1CCCC(c2csc(NC(N)=NCCOC)n2)C1.O=C(O)/C=C\C(=O)O. The van der Waals surface area contributed by atoms with Crippen molar-refractivity contribution in [1.29, 1.82) is 0 Å². The van der Waals surface area contributed by atoms with E-state index >= 15 is 0 Å². The summed E-state index contributed by atoms with van der Waals surface area (Å²) in [5.74, 6) is -1.69. The highest BCUT2D eigenvalue weighted by molar-refractivity contribution is 7.80. The zero-order valence-electron chi connectivity index (χ0n) is 18.0. The lowest BCUT2D eigenvalue weighted by Gasteiger charge is -2.29. The van der Waals surface area contributed by atoms with Gasteiger partial charge in [0.15, 0.2) is 16.2 Å². The highest BCUT2D eigenvalue weighted by atomic mass is 32.1. The molecule has 1 saturated carbocycles. The topological polar surface area (TPSA) is 171 Å². The first-order valence-corrected chi connectivity index (χ1v) is 11.2. The number of hydrogen-bond donors (Lipinski definition) is 6. The number of hydrogen-bond acceptors (Lipinski definition) is 7. The molecule has 178 valence electrons. The first-order valence-electron chi connectivity index (χ1n) is 9.88. The van der Waals surface area contributed by atoms with Crippen molar-refractivity contribution in [3.63, 3.8) is 0 Å². The number of aliphatic imine (C=N–C) groups is 1. The summed E-state index contributed by atoms with van der Waals surface area (Å²) in [7, 11) is 3.48. The molecule has 0 bridgehead atoms. The van der Waals surface area contributed by atoms with E-state index in [4.69, 9.17) is 32.9 Å². The number of thiocarbonyl (C=S) groups is 1. The molecule has 1 aromatic rings. The molecular weight excluding hydrogens is 456 g/mol. The minimum atomic E-state index is -1.26. The molecule has 1 aromatic heterocycles. The van der Waals surface area contributed by atoms with Crippen LogP contribution in [0.25, 0.3) is 0 Å². The smallest absolute Gasteiger partial charge is 0.328 e. The van der Waals surface area contributed by atoms with Crippen molar-refractivity contribution in [3.05, 3.63) is 23.2 Å². The summed E-state index contributed by atoms with van der Waals surface area (Å²) >= 11 is 6.76. The first-order chi connectivity index (χ1) is 15.2. The maximum Gasteiger partial charge on any atom is 0.328 e. The van der Waals surface area contributed by atoms with Gasteiger partial charge in [0.05, 0.1) is 18.8 Å². The van der Waals surface area contributed by atoms with E-state index in [0.29, 0.717) is 48.3 Å². The Morgan fingerprint density at radius 2 is 2.06 bits per heavy atom. The molecule has 32 heavy (non-hydrogen) atoms. The van der Waals surface area contributed by atoms with Crippen LogP contribution in [-0.2, 0) is 14.3 Å². The van der Waals surface area contributed by atoms with Crippen LogP contribution < -0.4 is 21.7 Å². The molecule has 11 nitrogen and oxygen atoms in total. The molecule has 1 heterocycles. The number of nitrogens with zero attached hydrogens (tertiary/aromatic N) is 2. The van der Waals surface area contributed by atoms with Crippen molar-refractivity contribution in [3.8, 4) is 0 Å². The molecule has 2 unspecified atom stereocenters. The van der Waals surface area contributed by atoms with Gasteiger partial charge in [0.1, 0.15) is 0 Å². The Labute approximate surface area is 196 Å². The van der Waals surface area contributed by atoms with Crippen LogP contribution in [0.2, 0.25) is 0 Å². The summed E-state index contributed by atoms with van der Waals surface area (Å²) in [6.45, 7) is 1.09. The third-order valence-corrected chi connectivity index (χ3v) is 5.46. The maximum atomic E-state index is 9.55. The van der Waals surface area contributed by atoms with Crippen LogP contribution in [0.1, 0.15) is 37.3 Å². The molecule has 0 spiro atoms. The largest absolute Gasteiger partial charge is 0.478 e. The second-order valence-corrected chi connectivity index (χ2v) is 8.02. The van der Waals surface area contributed by atoms with Gasteiger partial charge in [0.25, 0.3) is 0 Å². The highest BCUT2D eigenvalue weighted by Gasteiger charge is 2.25. The van der Waals surface area contributed by atoms with Crippen LogP contribution in [0.5, 0.6) is 0 Å². The number of nitrogens with one attached hydrogen (secondary N) is 3. The number of methoxy groups -OCH3 is 1. The number of aliphatic carboxylic acids is 2. The zero-order valence-corrected chi connectivity index (χ0v) is 19.7. The average Bonchev–Trinajstić information content (AvgIpc) is 3.21. The summed E-state index contributed by atoms with van der Waals surface area (Å²) in [5, 5.41) is 28.6. The van der Waals surface area contributed by atoms with E-state index in [1.807, 2.05) is 7.05 Å². The fraction of sp³-hybridized carbons (Fsp3) is 0.526. The minimum absolute atomic E-state index is 0.371. The summed E-state index contributed by atoms with van der Waals surface area (Å²) in [4.78, 5) is 28.0. The number of guanidine groups is 1. The number of rotatable bonds is 8. The molecule has 1 fully saturated rings. The second-order valence-electron chi connectivity index (χ2n) is 6.76. The Balaban J connectivity index is 0.000000547. The van der Waals surface area contributed by atoms with Gasteiger partial charge in [-0.15, -0.1) is 11.3 Å². The van der Waals surface area contributed by atoms with E-state index in [1.54, 1.807) is 18.4 Å². The number of aromatic nitrogens is 1.